The lowest BCUT2D eigenvalue weighted by molar-refractivity contribution is -0.0517. The van der Waals surface area contributed by atoms with E-state index in [4.69, 9.17) is 157 Å². The number of fused-ring (bicyclic) bond motifs is 1. The first-order chi connectivity index (χ1) is 41.2. The van der Waals surface area contributed by atoms with Gasteiger partial charge in [0.15, 0.2) is 57.0 Å². The summed E-state index contributed by atoms with van der Waals surface area (Å²) < 4.78 is 92.4. The third-order valence-corrected chi connectivity index (χ3v) is 19.5. The molecule has 29 heteroatoms. The number of hydrogen-bond acceptors (Lipinski definition) is 10. The lowest BCUT2D eigenvalue weighted by atomic mass is 10.1. The predicted octanol–water partition coefficient (Wildman–Crippen LogP) is 20.5. The molecule has 0 saturated heterocycles. The minimum absolute atomic E-state index is 0.139. The molecule has 9 aromatic carbocycles. The van der Waals surface area contributed by atoms with Gasteiger partial charge in [0.1, 0.15) is 15.9 Å². The summed E-state index contributed by atoms with van der Waals surface area (Å²) in [6.07, 6.45) is 0. The van der Waals surface area contributed by atoms with Crippen LogP contribution < -0.4 is 4.74 Å². The van der Waals surface area contributed by atoms with E-state index in [9.17, 15) is 26.1 Å². The minimum Gasteiger partial charge on any atom is -0.744 e. The number of benzene rings is 9. The molecule has 0 atom stereocenters. The Morgan fingerprint density at radius 1 is 0.409 bits per heavy atom. The fourth-order valence-corrected chi connectivity index (χ4v) is 12.9. The van der Waals surface area contributed by atoms with Gasteiger partial charge in [0, 0.05) is 35.7 Å². The van der Waals surface area contributed by atoms with Gasteiger partial charge < -0.3 is 13.8 Å². The van der Waals surface area contributed by atoms with Crippen molar-refractivity contribution in [1.82, 2.24) is 15.0 Å². The lowest BCUT2D eigenvalue weighted by Gasteiger charge is -2.15. The fraction of sp³-hybridized carbons (Fsp3) is 0.0678. The number of ether oxygens (including phenoxy) is 1. The number of nitrogens with zero attached hydrogens (tertiary/aromatic N) is 3. The monoisotopic (exact) mass is 1500 g/mol. The molecule has 10 nitrogen and oxygen atoms in total. The average Bonchev–Trinajstić information content (AvgIpc) is 1.36. The fourth-order valence-electron chi connectivity index (χ4n) is 7.06. The number of rotatable bonds is 9. The molecule has 1 aromatic heterocycles. The van der Waals surface area contributed by atoms with Crippen LogP contribution >= 0.6 is 139 Å². The largest absolute Gasteiger partial charge is 0.744 e. The zero-order valence-corrected chi connectivity index (χ0v) is 56.5. The Morgan fingerprint density at radius 2 is 0.693 bits per heavy atom. The van der Waals surface area contributed by atoms with Crippen LogP contribution in [0.3, 0.4) is 0 Å². The SMILES string of the molecule is COc1ccc(-c2nc(C(Cl)(Cl)Cl)nc(C(Cl)(Cl)Cl)n2)cc1.Clc1ccc([S+](c2ccc(Cl)cc2)c2ccc(Cl)cc2)cc1.Clc1ccc([S+](c2ccc(Cl)cc2)c2ccc(Cl)cc2)cc1.O=S(=O)([O-])C(F)(F)F.O=S(=O)([O-])c1ccc2ccccc2c1. The molecule has 0 radical (unpaired) electrons. The Labute approximate surface area is 570 Å². The quantitative estimate of drug-likeness (QED) is 0.0588. The predicted molar refractivity (Wildman–Crippen MR) is 351 cm³/mol. The molecule has 0 amide bonds. The number of methoxy groups -OCH3 is 1. The van der Waals surface area contributed by atoms with Gasteiger partial charge in [-0.05, 0) is 193 Å². The molecule has 460 valence electrons. The zero-order valence-electron chi connectivity index (χ0n) is 44.2. The van der Waals surface area contributed by atoms with Crippen molar-refractivity contribution in [2.45, 2.75) is 47.4 Å². The van der Waals surface area contributed by atoms with Gasteiger partial charge in [-0.2, -0.15) is 13.2 Å². The number of hydrogen-bond donors (Lipinski definition) is 0. The molecule has 0 spiro atoms. The van der Waals surface area contributed by atoms with Crippen LogP contribution in [0, 0.1) is 0 Å². The van der Waals surface area contributed by atoms with Gasteiger partial charge in [-0.3, -0.25) is 0 Å². The zero-order chi connectivity index (χ0) is 64.8. The number of alkyl halides is 9. The first-order valence-electron chi connectivity index (χ1n) is 24.2. The Hall–Kier alpha value is -4.16. The molecule has 0 aliphatic carbocycles. The van der Waals surface area contributed by atoms with E-state index in [1.54, 1.807) is 49.6 Å². The molecule has 0 aliphatic rings. The molecule has 88 heavy (non-hydrogen) atoms. The van der Waals surface area contributed by atoms with E-state index in [2.05, 4.69) is 87.7 Å². The molecule has 0 aliphatic heterocycles. The Kier molecular flexibility index (Phi) is 26.8. The van der Waals surface area contributed by atoms with E-state index in [-0.39, 0.29) is 44.2 Å². The van der Waals surface area contributed by atoms with Crippen LogP contribution in [0.4, 0.5) is 13.2 Å². The normalized spacial score (nSPS) is 11.7. The Morgan fingerprint density at radius 3 is 0.943 bits per heavy atom. The first kappa shape index (κ1) is 72.9. The maximum absolute atomic E-state index is 10.7. The van der Waals surface area contributed by atoms with Crippen LogP contribution in [0.15, 0.2) is 247 Å². The number of aromatic nitrogens is 3. The first-order valence-corrected chi connectivity index (χ1v) is 34.0. The van der Waals surface area contributed by atoms with Crippen molar-refractivity contribution in [3.63, 3.8) is 0 Å². The summed E-state index contributed by atoms with van der Waals surface area (Å²) in [6, 6.07) is 66.3. The molecule has 0 fully saturated rings. The van der Waals surface area contributed by atoms with E-state index >= 15 is 0 Å². The molecular weight excluding hydrogens is 1470 g/mol. The van der Waals surface area contributed by atoms with Gasteiger partial charge in [0.25, 0.3) is 0 Å². The average molecular weight is 1510 g/mol. The molecule has 0 saturated carbocycles. The van der Waals surface area contributed by atoms with Crippen molar-refractivity contribution in [2.24, 2.45) is 0 Å². The molecule has 1 heterocycles. The van der Waals surface area contributed by atoms with Crippen LogP contribution in [-0.4, -0.2) is 53.5 Å². The summed E-state index contributed by atoms with van der Waals surface area (Å²) in [5.41, 5.74) is -5.03. The third kappa shape index (κ3) is 22.3. The third-order valence-electron chi connectivity index (χ3n) is 11.1. The highest BCUT2D eigenvalue weighted by atomic mass is 35.6. The van der Waals surface area contributed by atoms with Gasteiger partial charge in [0.05, 0.1) is 33.8 Å². The molecule has 10 rings (SSSR count). The summed E-state index contributed by atoms with van der Waals surface area (Å²) in [6.45, 7) is 0. The smallest absolute Gasteiger partial charge is 0.485 e. The van der Waals surface area contributed by atoms with Crippen molar-refractivity contribution in [1.29, 1.82) is 0 Å². The van der Waals surface area contributed by atoms with Crippen LogP contribution in [0.1, 0.15) is 11.6 Å². The summed E-state index contributed by atoms with van der Waals surface area (Å²) >= 11 is 71.0. The second-order valence-corrected chi connectivity index (χ2v) is 31.2. The van der Waals surface area contributed by atoms with Crippen LogP contribution in [0.2, 0.25) is 30.1 Å². The van der Waals surface area contributed by atoms with Crippen molar-refractivity contribution < 1.29 is 43.8 Å². The van der Waals surface area contributed by atoms with Gasteiger partial charge in [-0.15, -0.1) is 0 Å². The second-order valence-electron chi connectivity index (χ2n) is 17.2. The van der Waals surface area contributed by atoms with Crippen molar-refractivity contribution in [3.8, 4) is 17.1 Å². The highest BCUT2D eigenvalue weighted by molar-refractivity contribution is 7.97. The van der Waals surface area contributed by atoms with Crippen LogP contribution in [0.5, 0.6) is 5.75 Å². The van der Waals surface area contributed by atoms with E-state index in [0.717, 1.165) is 40.9 Å². The summed E-state index contributed by atoms with van der Waals surface area (Å²) in [5, 5.41) is 6.08. The summed E-state index contributed by atoms with van der Waals surface area (Å²) in [7, 11) is -9.31. The maximum Gasteiger partial charge on any atom is 0.485 e. The van der Waals surface area contributed by atoms with Crippen molar-refractivity contribution >= 4 is 192 Å². The lowest BCUT2D eigenvalue weighted by Crippen LogP contribution is -2.21. The van der Waals surface area contributed by atoms with Crippen LogP contribution in [0.25, 0.3) is 22.2 Å². The molecule has 0 unspecified atom stereocenters. The Bertz CT molecular complexity index is 3760. The highest BCUT2D eigenvalue weighted by Crippen LogP contribution is 2.41. The van der Waals surface area contributed by atoms with Crippen molar-refractivity contribution in [3.05, 3.63) is 254 Å². The van der Waals surface area contributed by atoms with Crippen LogP contribution in [-0.2, 0) is 49.6 Å². The standard InChI is InChI=1S/2C18H12Cl3S.C12H7Cl6N3O.C10H8O3S.CHF3O3S/c2*19-13-1-7-16(8-2-13)22(17-9-3-14(20)4-10-17)18-11-5-15(21)6-12-18;1-22-7-4-2-6(3-5-7)8-19-9(11(13,14)15)21-10(20-8)12(16,17)18;11-14(12,13)10-6-5-8-3-1-2-4-9(8)7-10;2-1(3,4)8(5,6)7/h2*1-12H;2-5H,1H3;1-7H,(H,11,12,13);(H,5,6,7)/q2*+1;;;/p-2. The van der Waals surface area contributed by atoms with E-state index < -0.39 is 33.3 Å². The van der Waals surface area contributed by atoms with Crippen molar-refractivity contribution in [2.75, 3.05) is 7.11 Å². The minimum atomic E-state index is -6.09. The molecular formula is C59H38Cl12F3N3O7S4. The molecule has 0 N–H and O–H groups in total. The van der Waals surface area contributed by atoms with Gasteiger partial charge >= 0.3 is 5.51 Å². The summed E-state index contributed by atoms with van der Waals surface area (Å²) in [5.74, 6) is 0.598. The van der Waals surface area contributed by atoms with E-state index in [0.29, 0.717) is 11.3 Å². The van der Waals surface area contributed by atoms with E-state index in [1.807, 2.05) is 84.9 Å². The van der Waals surface area contributed by atoms with E-state index in [1.165, 1.54) is 41.5 Å². The second kappa shape index (κ2) is 32.4. The van der Waals surface area contributed by atoms with Gasteiger partial charge in [-0.1, -0.05) is 170 Å². The molecule has 10 aromatic rings. The van der Waals surface area contributed by atoms with Gasteiger partial charge in [-0.25, -0.2) is 31.8 Å². The highest BCUT2D eigenvalue weighted by Gasteiger charge is 2.37. The number of halogens is 15. The molecule has 0 bridgehead atoms. The van der Waals surface area contributed by atoms with Gasteiger partial charge in [0.2, 0.25) is 7.59 Å². The maximum atomic E-state index is 10.7. The summed E-state index contributed by atoms with van der Waals surface area (Å²) in [4.78, 5) is 19.1. The Balaban J connectivity index is 0.000000181. The topological polar surface area (TPSA) is 162 Å².